The molecule has 1 aromatic carbocycles. The van der Waals surface area contributed by atoms with Crippen LogP contribution in [-0.2, 0) is 4.74 Å². The predicted octanol–water partition coefficient (Wildman–Crippen LogP) is 2.59. The molecule has 1 heterocycles. The maximum Gasteiger partial charge on any atom is 0.257 e. The normalized spacial score (nSPS) is 20.0. The first-order valence-corrected chi connectivity index (χ1v) is 6.33. The molecule has 1 unspecified atom stereocenters. The summed E-state index contributed by atoms with van der Waals surface area (Å²) in [6.45, 7) is 3.02. The number of carbonyl (C=O) groups is 1. The molecule has 0 aromatic heterocycles. The van der Waals surface area contributed by atoms with Crippen molar-refractivity contribution in [1.29, 1.82) is 0 Å². The van der Waals surface area contributed by atoms with Crippen LogP contribution < -0.4 is 0 Å². The summed E-state index contributed by atoms with van der Waals surface area (Å²) < 4.78 is 32.3. The highest BCUT2D eigenvalue weighted by Gasteiger charge is 2.25. The largest absolute Gasteiger partial charge is 0.375 e. The second-order valence-corrected chi connectivity index (χ2v) is 5.03. The van der Waals surface area contributed by atoms with E-state index in [1.807, 2.05) is 6.92 Å². The molecule has 1 aliphatic heterocycles. The highest BCUT2D eigenvalue weighted by molar-refractivity contribution is 9.10. The lowest BCUT2D eigenvalue weighted by molar-refractivity contribution is -0.0126. The molecule has 0 N–H and O–H groups in total. The van der Waals surface area contributed by atoms with Gasteiger partial charge in [0, 0.05) is 13.1 Å². The number of morpholine rings is 1. The van der Waals surface area contributed by atoms with E-state index in [0.29, 0.717) is 19.7 Å². The summed E-state index contributed by atoms with van der Waals surface area (Å²) in [6, 6.07) is 1.88. The van der Waals surface area contributed by atoms with Crippen LogP contribution in [0.1, 0.15) is 17.3 Å². The fourth-order valence-corrected chi connectivity index (χ4v) is 2.18. The molecule has 1 aromatic rings. The summed E-state index contributed by atoms with van der Waals surface area (Å²) in [5.41, 5.74) is -0.246. The Bertz CT molecular complexity index is 481. The van der Waals surface area contributed by atoms with Crippen molar-refractivity contribution in [2.45, 2.75) is 13.0 Å². The Labute approximate surface area is 112 Å². The average molecular weight is 320 g/mol. The highest BCUT2D eigenvalue weighted by Crippen LogP contribution is 2.21. The van der Waals surface area contributed by atoms with Gasteiger partial charge in [-0.3, -0.25) is 4.79 Å². The van der Waals surface area contributed by atoms with Gasteiger partial charge in [-0.2, -0.15) is 0 Å². The molecule has 1 saturated heterocycles. The number of hydrogen-bond acceptors (Lipinski definition) is 2. The first-order valence-electron chi connectivity index (χ1n) is 5.54. The van der Waals surface area contributed by atoms with Crippen molar-refractivity contribution in [3.8, 4) is 0 Å². The van der Waals surface area contributed by atoms with E-state index in [2.05, 4.69) is 15.9 Å². The molecule has 1 fully saturated rings. The molecule has 0 saturated carbocycles. The van der Waals surface area contributed by atoms with Gasteiger partial charge in [0.2, 0.25) is 0 Å². The average Bonchev–Trinajstić information content (AvgIpc) is 2.33. The number of nitrogens with zero attached hydrogens (tertiary/aromatic N) is 1. The summed E-state index contributed by atoms with van der Waals surface area (Å²) in [5, 5.41) is 0. The zero-order valence-corrected chi connectivity index (χ0v) is 11.3. The van der Waals surface area contributed by atoms with E-state index in [9.17, 15) is 13.6 Å². The molecular formula is C12H12BrF2NO2. The van der Waals surface area contributed by atoms with Crippen LogP contribution in [0.15, 0.2) is 16.6 Å². The third kappa shape index (κ3) is 2.70. The van der Waals surface area contributed by atoms with Crippen molar-refractivity contribution >= 4 is 21.8 Å². The minimum Gasteiger partial charge on any atom is -0.375 e. The smallest absolute Gasteiger partial charge is 0.257 e. The van der Waals surface area contributed by atoms with Gasteiger partial charge in [0.1, 0.15) is 11.6 Å². The Morgan fingerprint density at radius 3 is 2.83 bits per heavy atom. The van der Waals surface area contributed by atoms with E-state index < -0.39 is 17.5 Å². The molecule has 1 aliphatic rings. The molecule has 0 spiro atoms. The third-order valence-corrected chi connectivity index (χ3v) is 3.38. The van der Waals surface area contributed by atoms with E-state index in [0.717, 1.165) is 12.1 Å². The number of hydrogen-bond donors (Lipinski definition) is 0. The minimum atomic E-state index is -0.729. The Kier molecular flexibility index (Phi) is 3.97. The van der Waals surface area contributed by atoms with Gasteiger partial charge < -0.3 is 9.64 Å². The molecule has 18 heavy (non-hydrogen) atoms. The second-order valence-electron chi connectivity index (χ2n) is 4.18. The van der Waals surface area contributed by atoms with Gasteiger partial charge in [-0.25, -0.2) is 8.78 Å². The van der Waals surface area contributed by atoms with Gasteiger partial charge in [0.15, 0.2) is 0 Å². The SMILES string of the molecule is CC1CN(C(=O)c2cc(F)c(Br)cc2F)CCO1. The molecular weight excluding hydrogens is 308 g/mol. The van der Waals surface area contributed by atoms with Gasteiger partial charge >= 0.3 is 0 Å². The Balaban J connectivity index is 2.25. The van der Waals surface area contributed by atoms with Crippen LogP contribution in [0.3, 0.4) is 0 Å². The van der Waals surface area contributed by atoms with E-state index >= 15 is 0 Å². The van der Waals surface area contributed by atoms with Crippen molar-refractivity contribution in [2.24, 2.45) is 0 Å². The topological polar surface area (TPSA) is 29.5 Å². The van der Waals surface area contributed by atoms with Crippen LogP contribution in [0, 0.1) is 11.6 Å². The van der Waals surface area contributed by atoms with Crippen molar-refractivity contribution in [1.82, 2.24) is 4.90 Å². The summed E-state index contributed by atoms with van der Waals surface area (Å²) in [6.07, 6.45) is -0.0916. The van der Waals surface area contributed by atoms with E-state index in [4.69, 9.17) is 4.74 Å². The Morgan fingerprint density at radius 1 is 1.44 bits per heavy atom. The van der Waals surface area contributed by atoms with E-state index in [1.54, 1.807) is 0 Å². The Hall–Kier alpha value is -1.01. The number of rotatable bonds is 1. The summed E-state index contributed by atoms with van der Waals surface area (Å²) in [7, 11) is 0. The molecule has 6 heteroatoms. The molecule has 98 valence electrons. The van der Waals surface area contributed by atoms with Crippen molar-refractivity contribution in [2.75, 3.05) is 19.7 Å². The molecule has 0 radical (unpaired) electrons. The van der Waals surface area contributed by atoms with Crippen LogP contribution in [0.4, 0.5) is 8.78 Å². The third-order valence-electron chi connectivity index (χ3n) is 2.77. The quantitative estimate of drug-likeness (QED) is 0.745. The van der Waals surface area contributed by atoms with Crippen molar-refractivity contribution in [3.63, 3.8) is 0 Å². The molecule has 2 rings (SSSR count). The lowest BCUT2D eigenvalue weighted by Gasteiger charge is -2.31. The van der Waals surface area contributed by atoms with Crippen LogP contribution in [0.25, 0.3) is 0 Å². The number of benzene rings is 1. The summed E-state index contributed by atoms with van der Waals surface area (Å²) >= 11 is 2.87. The Morgan fingerprint density at radius 2 is 2.17 bits per heavy atom. The first-order chi connectivity index (χ1) is 8.49. The zero-order valence-electron chi connectivity index (χ0n) is 9.75. The van der Waals surface area contributed by atoms with Gasteiger partial charge in [0.25, 0.3) is 5.91 Å². The molecule has 1 atom stereocenters. The predicted molar refractivity (Wildman–Crippen MR) is 65.4 cm³/mol. The highest BCUT2D eigenvalue weighted by atomic mass is 79.9. The number of ether oxygens (including phenoxy) is 1. The lowest BCUT2D eigenvalue weighted by atomic mass is 10.1. The minimum absolute atomic E-state index is 0.00638. The van der Waals surface area contributed by atoms with Gasteiger partial charge in [-0.15, -0.1) is 0 Å². The first kappa shape index (κ1) is 13.4. The lowest BCUT2D eigenvalue weighted by Crippen LogP contribution is -2.44. The summed E-state index contributed by atoms with van der Waals surface area (Å²) in [4.78, 5) is 13.6. The van der Waals surface area contributed by atoms with Crippen LogP contribution in [0.2, 0.25) is 0 Å². The molecule has 0 bridgehead atoms. The van der Waals surface area contributed by atoms with Gasteiger partial charge in [-0.05, 0) is 35.0 Å². The number of carbonyl (C=O) groups excluding carboxylic acids is 1. The van der Waals surface area contributed by atoms with Crippen molar-refractivity contribution in [3.05, 3.63) is 33.8 Å². The second kappa shape index (κ2) is 5.32. The molecule has 3 nitrogen and oxygen atoms in total. The standard InChI is InChI=1S/C12H12BrF2NO2/c1-7-6-16(2-3-18-7)12(17)8-4-11(15)9(13)5-10(8)14/h4-5,7H,2-3,6H2,1H3. The monoisotopic (exact) mass is 319 g/mol. The number of halogens is 3. The number of amides is 1. The van der Waals surface area contributed by atoms with Crippen molar-refractivity contribution < 1.29 is 18.3 Å². The van der Waals surface area contributed by atoms with Gasteiger partial charge in [0.05, 0.1) is 22.7 Å². The molecule has 0 aliphatic carbocycles. The maximum atomic E-state index is 13.7. The van der Waals surface area contributed by atoms with E-state index in [1.165, 1.54) is 4.90 Å². The zero-order chi connectivity index (χ0) is 13.3. The summed E-state index contributed by atoms with van der Waals surface area (Å²) in [5.74, 6) is -1.89. The molecule has 1 amide bonds. The fraction of sp³-hybridized carbons (Fsp3) is 0.417. The van der Waals surface area contributed by atoms with Crippen LogP contribution in [-0.4, -0.2) is 36.6 Å². The maximum absolute atomic E-state index is 13.7. The van der Waals surface area contributed by atoms with E-state index in [-0.39, 0.29) is 16.1 Å². The van der Waals surface area contributed by atoms with Crippen LogP contribution >= 0.6 is 15.9 Å². The fourth-order valence-electron chi connectivity index (χ4n) is 1.86. The van der Waals surface area contributed by atoms with Gasteiger partial charge in [-0.1, -0.05) is 0 Å². The van der Waals surface area contributed by atoms with Crippen LogP contribution in [0.5, 0.6) is 0 Å².